The van der Waals surface area contributed by atoms with Crippen LogP contribution in [0.2, 0.25) is 10.0 Å². The Morgan fingerprint density at radius 3 is 2.40 bits per heavy atom. The average molecular weight is 311 g/mol. The van der Waals surface area contributed by atoms with E-state index in [2.05, 4.69) is 0 Å². The minimum absolute atomic E-state index is 0.0224. The predicted octanol–water partition coefficient (Wildman–Crippen LogP) is 4.36. The van der Waals surface area contributed by atoms with Gasteiger partial charge in [0.1, 0.15) is 12.4 Å². The second-order valence-electron chi connectivity index (χ2n) is 4.01. The molecule has 0 bridgehead atoms. The van der Waals surface area contributed by atoms with E-state index in [9.17, 15) is 4.79 Å². The molecule has 0 radical (unpaired) electrons. The lowest BCUT2D eigenvalue weighted by atomic mass is 10.2. The lowest BCUT2D eigenvalue weighted by Crippen LogP contribution is -2.06. The summed E-state index contributed by atoms with van der Waals surface area (Å²) in [4.78, 5) is 11.9. The summed E-state index contributed by atoms with van der Waals surface area (Å²) >= 11 is 12.0. The number of hydrogen-bond donors (Lipinski definition) is 0. The Hall–Kier alpha value is -1.71. The summed E-state index contributed by atoms with van der Waals surface area (Å²) in [6.45, 7) is 0.0224. The van der Waals surface area contributed by atoms with Crippen molar-refractivity contribution in [3.8, 4) is 5.75 Å². The fraction of sp³-hybridized carbons (Fsp3) is 0.133. The number of hydrogen-bond acceptors (Lipinski definition) is 3. The van der Waals surface area contributed by atoms with Gasteiger partial charge >= 0.3 is 5.97 Å². The lowest BCUT2D eigenvalue weighted by molar-refractivity contribution is 0.0472. The molecule has 5 heteroatoms. The monoisotopic (exact) mass is 310 g/mol. The van der Waals surface area contributed by atoms with Crippen molar-refractivity contribution in [2.24, 2.45) is 0 Å². The van der Waals surface area contributed by atoms with Gasteiger partial charge in [0.25, 0.3) is 0 Å². The van der Waals surface area contributed by atoms with Gasteiger partial charge in [-0.05, 0) is 30.3 Å². The zero-order valence-electron chi connectivity index (χ0n) is 10.7. The van der Waals surface area contributed by atoms with Crippen molar-refractivity contribution in [2.45, 2.75) is 6.61 Å². The fourth-order valence-electron chi connectivity index (χ4n) is 1.64. The third-order valence-corrected chi connectivity index (χ3v) is 3.42. The summed E-state index contributed by atoms with van der Waals surface area (Å²) in [6, 6.07) is 11.9. The number of esters is 1. The molecule has 0 aliphatic carbocycles. The summed E-state index contributed by atoms with van der Waals surface area (Å²) < 4.78 is 10.3. The maximum atomic E-state index is 11.9. The van der Waals surface area contributed by atoms with Gasteiger partial charge in [0.2, 0.25) is 0 Å². The van der Waals surface area contributed by atoms with Crippen LogP contribution in [-0.4, -0.2) is 13.1 Å². The van der Waals surface area contributed by atoms with Gasteiger partial charge in [-0.25, -0.2) is 4.79 Å². The second-order valence-corrected chi connectivity index (χ2v) is 4.82. The van der Waals surface area contributed by atoms with Crippen LogP contribution in [0.5, 0.6) is 5.75 Å². The first-order valence-corrected chi connectivity index (χ1v) is 6.61. The zero-order chi connectivity index (χ0) is 14.5. The molecule has 0 amide bonds. The highest BCUT2D eigenvalue weighted by molar-refractivity contribution is 6.35. The lowest BCUT2D eigenvalue weighted by Gasteiger charge is -2.09. The second kappa shape index (κ2) is 6.64. The third-order valence-electron chi connectivity index (χ3n) is 2.71. The Bertz CT molecular complexity index is 606. The quantitative estimate of drug-likeness (QED) is 0.787. The van der Waals surface area contributed by atoms with E-state index in [-0.39, 0.29) is 6.61 Å². The Morgan fingerprint density at radius 2 is 1.75 bits per heavy atom. The van der Waals surface area contributed by atoms with Crippen molar-refractivity contribution < 1.29 is 14.3 Å². The van der Waals surface area contributed by atoms with Crippen LogP contribution in [0.1, 0.15) is 15.9 Å². The molecular weight excluding hydrogens is 299 g/mol. The van der Waals surface area contributed by atoms with Gasteiger partial charge in [-0.3, -0.25) is 0 Å². The van der Waals surface area contributed by atoms with Gasteiger partial charge in [0, 0.05) is 15.6 Å². The molecule has 104 valence electrons. The smallest absolute Gasteiger partial charge is 0.338 e. The molecule has 2 aromatic carbocycles. The van der Waals surface area contributed by atoms with E-state index < -0.39 is 5.97 Å². The van der Waals surface area contributed by atoms with Crippen molar-refractivity contribution in [1.29, 1.82) is 0 Å². The highest BCUT2D eigenvalue weighted by atomic mass is 35.5. The van der Waals surface area contributed by atoms with Crippen LogP contribution in [0, 0.1) is 0 Å². The van der Waals surface area contributed by atoms with Gasteiger partial charge in [0.05, 0.1) is 12.7 Å². The van der Waals surface area contributed by atoms with E-state index in [1.165, 1.54) is 7.11 Å². The molecule has 2 aromatic rings. The predicted molar refractivity (Wildman–Crippen MR) is 78.6 cm³/mol. The molecule has 0 aliphatic heterocycles. The first-order chi connectivity index (χ1) is 9.61. The summed E-state index contributed by atoms with van der Waals surface area (Å²) in [7, 11) is 1.54. The normalized spacial score (nSPS) is 10.2. The topological polar surface area (TPSA) is 35.5 Å². The number of carbonyl (C=O) groups is 1. The molecule has 0 heterocycles. The van der Waals surface area contributed by atoms with E-state index in [4.69, 9.17) is 32.7 Å². The Labute approximate surface area is 127 Å². The number of rotatable bonds is 4. The highest BCUT2D eigenvalue weighted by Crippen LogP contribution is 2.25. The van der Waals surface area contributed by atoms with E-state index in [1.807, 2.05) is 0 Å². The maximum Gasteiger partial charge on any atom is 0.338 e. The van der Waals surface area contributed by atoms with Gasteiger partial charge in [-0.2, -0.15) is 0 Å². The van der Waals surface area contributed by atoms with Crippen LogP contribution < -0.4 is 4.74 Å². The van der Waals surface area contributed by atoms with Crippen molar-refractivity contribution in [2.75, 3.05) is 7.11 Å². The van der Waals surface area contributed by atoms with Crippen molar-refractivity contribution in [3.63, 3.8) is 0 Å². The van der Waals surface area contributed by atoms with Crippen LogP contribution in [0.4, 0.5) is 0 Å². The Morgan fingerprint density at radius 1 is 1.10 bits per heavy atom. The van der Waals surface area contributed by atoms with E-state index in [1.54, 1.807) is 42.5 Å². The summed E-state index contributed by atoms with van der Waals surface area (Å²) in [5, 5.41) is 0.937. The van der Waals surface area contributed by atoms with Crippen LogP contribution in [0.25, 0.3) is 0 Å². The molecule has 0 spiro atoms. The summed E-state index contributed by atoms with van der Waals surface area (Å²) in [5.74, 6) is 0.134. The van der Waals surface area contributed by atoms with E-state index in [0.29, 0.717) is 26.9 Å². The van der Waals surface area contributed by atoms with Crippen LogP contribution in [-0.2, 0) is 11.3 Å². The zero-order valence-corrected chi connectivity index (χ0v) is 12.2. The van der Waals surface area contributed by atoms with Gasteiger partial charge in [0.15, 0.2) is 0 Å². The molecule has 2 rings (SSSR count). The minimum atomic E-state index is -0.458. The SMILES string of the molecule is COc1cccc(C(=O)OCc2c(Cl)cccc2Cl)c1. The van der Waals surface area contributed by atoms with Crippen molar-refractivity contribution in [1.82, 2.24) is 0 Å². The van der Waals surface area contributed by atoms with Crippen LogP contribution in [0.15, 0.2) is 42.5 Å². The van der Waals surface area contributed by atoms with Crippen LogP contribution in [0.3, 0.4) is 0 Å². The molecule has 0 aromatic heterocycles. The number of methoxy groups -OCH3 is 1. The van der Waals surface area contributed by atoms with Gasteiger partial charge in [-0.15, -0.1) is 0 Å². The largest absolute Gasteiger partial charge is 0.497 e. The fourth-order valence-corrected chi connectivity index (χ4v) is 2.15. The maximum absolute atomic E-state index is 11.9. The standard InChI is InChI=1S/C15H12Cl2O3/c1-19-11-5-2-4-10(8-11)15(18)20-9-12-13(16)6-3-7-14(12)17/h2-8H,9H2,1H3. The molecule has 0 N–H and O–H groups in total. The number of carbonyl (C=O) groups excluding carboxylic acids is 1. The molecule has 0 aliphatic rings. The summed E-state index contributed by atoms with van der Waals surface area (Å²) in [6.07, 6.45) is 0. The number of ether oxygens (including phenoxy) is 2. The van der Waals surface area contributed by atoms with Crippen LogP contribution >= 0.6 is 23.2 Å². The van der Waals surface area contributed by atoms with Gasteiger partial charge < -0.3 is 9.47 Å². The van der Waals surface area contributed by atoms with Gasteiger partial charge in [-0.1, -0.05) is 35.3 Å². The minimum Gasteiger partial charge on any atom is -0.497 e. The summed E-state index contributed by atoms with van der Waals surface area (Å²) in [5.41, 5.74) is 1.000. The van der Waals surface area contributed by atoms with E-state index in [0.717, 1.165) is 0 Å². The molecular formula is C15H12Cl2O3. The first-order valence-electron chi connectivity index (χ1n) is 5.86. The molecule has 20 heavy (non-hydrogen) atoms. The number of halogens is 2. The van der Waals surface area contributed by atoms with Crippen molar-refractivity contribution in [3.05, 3.63) is 63.6 Å². The molecule has 3 nitrogen and oxygen atoms in total. The first kappa shape index (κ1) is 14.7. The molecule has 0 saturated heterocycles. The molecule has 0 atom stereocenters. The molecule has 0 saturated carbocycles. The van der Waals surface area contributed by atoms with E-state index >= 15 is 0 Å². The van der Waals surface area contributed by atoms with Crippen molar-refractivity contribution >= 4 is 29.2 Å². The molecule has 0 fully saturated rings. The average Bonchev–Trinajstić information content (AvgIpc) is 2.46. The molecule has 0 unspecified atom stereocenters. The Balaban J connectivity index is 2.09. The Kier molecular flexibility index (Phi) is 4.88. The third kappa shape index (κ3) is 3.44. The number of benzene rings is 2. The highest BCUT2D eigenvalue weighted by Gasteiger charge is 2.11.